The molecule has 2 aromatic rings. The number of nitrogens with zero attached hydrogens (tertiary/aromatic N) is 3. The molecule has 2 aromatic heterocycles. The molecule has 2 N–H and O–H groups in total. The van der Waals surface area contributed by atoms with Gasteiger partial charge in [-0.05, 0) is 18.0 Å². The predicted molar refractivity (Wildman–Crippen MR) is 91.0 cm³/mol. The van der Waals surface area contributed by atoms with Crippen molar-refractivity contribution in [1.29, 1.82) is 0 Å². The van der Waals surface area contributed by atoms with Crippen molar-refractivity contribution in [2.75, 3.05) is 32.7 Å². The largest absolute Gasteiger partial charge is 0.334 e. The molecule has 8 heteroatoms. The molecule has 6 nitrogen and oxygen atoms in total. The first kappa shape index (κ1) is 16.1. The fourth-order valence-electron chi connectivity index (χ4n) is 2.48. The molecule has 3 rings (SSSR count). The van der Waals surface area contributed by atoms with Crippen LogP contribution in [0.3, 0.4) is 0 Å². The molecule has 1 fully saturated rings. The number of thiophene rings is 1. The van der Waals surface area contributed by atoms with Crippen molar-refractivity contribution < 1.29 is 9.59 Å². The fraction of sp³-hybridized carbons (Fsp3) is 0.400. The maximum Gasteiger partial charge on any atom is 0.273 e. The van der Waals surface area contributed by atoms with Gasteiger partial charge in [0.1, 0.15) is 5.69 Å². The molecule has 0 aromatic carbocycles. The van der Waals surface area contributed by atoms with E-state index in [0.29, 0.717) is 44.8 Å². The molecule has 0 atom stereocenters. The topological polar surface area (TPSA) is 79.5 Å². The van der Waals surface area contributed by atoms with Gasteiger partial charge in [-0.2, -0.15) is 0 Å². The zero-order valence-corrected chi connectivity index (χ0v) is 14.2. The van der Waals surface area contributed by atoms with E-state index < -0.39 is 0 Å². The molecule has 2 amide bonds. The van der Waals surface area contributed by atoms with Crippen LogP contribution in [0.1, 0.15) is 25.2 Å². The van der Waals surface area contributed by atoms with E-state index in [1.807, 2.05) is 17.5 Å². The zero-order valence-electron chi connectivity index (χ0n) is 12.6. The minimum atomic E-state index is -0.0623. The maximum atomic E-state index is 12.5. The third-order valence-electron chi connectivity index (χ3n) is 3.72. The number of nitrogens with two attached hydrogens (primary N) is 1. The molecule has 122 valence electrons. The number of hydrogen-bond donors (Lipinski definition) is 1. The first-order valence-electron chi connectivity index (χ1n) is 7.45. The Labute approximate surface area is 142 Å². The van der Waals surface area contributed by atoms with Crippen LogP contribution in [0.15, 0.2) is 22.9 Å². The van der Waals surface area contributed by atoms with E-state index in [4.69, 9.17) is 5.73 Å². The van der Waals surface area contributed by atoms with Crippen LogP contribution in [0.5, 0.6) is 0 Å². The molecule has 23 heavy (non-hydrogen) atoms. The molecule has 0 aliphatic carbocycles. The average Bonchev–Trinajstić information content (AvgIpc) is 3.26. The number of carbonyl (C=O) groups is 2. The van der Waals surface area contributed by atoms with Crippen LogP contribution in [0, 0.1) is 0 Å². The van der Waals surface area contributed by atoms with Crippen molar-refractivity contribution >= 4 is 34.5 Å². The molecular formula is C15H18N4O2S2. The standard InChI is InChI=1S/C15H18N4O2S2/c16-4-3-13-17-11(10-23-13)14(20)18-5-7-19(8-6-18)15(21)12-2-1-9-22-12/h1-2,9-10H,3-8,16H2. The lowest BCUT2D eigenvalue weighted by atomic mass is 10.2. The van der Waals surface area contributed by atoms with Crippen molar-refractivity contribution in [2.24, 2.45) is 5.73 Å². The number of thiazole rings is 1. The van der Waals surface area contributed by atoms with Gasteiger partial charge in [0.25, 0.3) is 11.8 Å². The second kappa shape index (κ2) is 7.20. The summed E-state index contributed by atoms with van der Waals surface area (Å²) in [7, 11) is 0. The van der Waals surface area contributed by atoms with Gasteiger partial charge in [-0.3, -0.25) is 9.59 Å². The highest BCUT2D eigenvalue weighted by atomic mass is 32.1. The smallest absolute Gasteiger partial charge is 0.273 e. The first-order chi connectivity index (χ1) is 11.2. The van der Waals surface area contributed by atoms with Crippen molar-refractivity contribution in [3.8, 4) is 0 Å². The summed E-state index contributed by atoms with van der Waals surface area (Å²) in [6.45, 7) is 2.73. The second-order valence-electron chi connectivity index (χ2n) is 5.23. The van der Waals surface area contributed by atoms with Gasteiger partial charge in [-0.25, -0.2) is 4.98 Å². The van der Waals surface area contributed by atoms with Gasteiger partial charge in [0, 0.05) is 38.0 Å². The van der Waals surface area contributed by atoms with Gasteiger partial charge in [0.15, 0.2) is 0 Å². The number of hydrogen-bond acceptors (Lipinski definition) is 6. The zero-order chi connectivity index (χ0) is 16.2. The highest BCUT2D eigenvalue weighted by molar-refractivity contribution is 7.12. The Kier molecular flexibility index (Phi) is 5.04. The van der Waals surface area contributed by atoms with Gasteiger partial charge >= 0.3 is 0 Å². The number of rotatable bonds is 4. The van der Waals surface area contributed by atoms with E-state index in [1.54, 1.807) is 15.2 Å². The summed E-state index contributed by atoms with van der Waals surface area (Å²) in [5, 5.41) is 4.58. The number of amides is 2. The second-order valence-corrected chi connectivity index (χ2v) is 7.12. The Hall–Kier alpha value is -1.77. The predicted octanol–water partition coefficient (Wildman–Crippen LogP) is 1.30. The van der Waals surface area contributed by atoms with Crippen LogP contribution in [0.25, 0.3) is 0 Å². The summed E-state index contributed by atoms with van der Waals surface area (Å²) in [6, 6.07) is 3.71. The van der Waals surface area contributed by atoms with Crippen molar-refractivity contribution in [3.05, 3.63) is 38.5 Å². The van der Waals surface area contributed by atoms with E-state index in [-0.39, 0.29) is 11.8 Å². The van der Waals surface area contributed by atoms with E-state index >= 15 is 0 Å². The lowest BCUT2D eigenvalue weighted by Crippen LogP contribution is -2.50. The third kappa shape index (κ3) is 3.60. The van der Waals surface area contributed by atoms with Crippen LogP contribution in [0.2, 0.25) is 0 Å². The van der Waals surface area contributed by atoms with Crippen molar-refractivity contribution in [3.63, 3.8) is 0 Å². The van der Waals surface area contributed by atoms with Crippen LogP contribution < -0.4 is 5.73 Å². The Morgan fingerprint density at radius 3 is 2.43 bits per heavy atom. The molecule has 0 spiro atoms. The van der Waals surface area contributed by atoms with Crippen molar-refractivity contribution in [2.45, 2.75) is 6.42 Å². The summed E-state index contributed by atoms with van der Waals surface area (Å²) < 4.78 is 0. The lowest BCUT2D eigenvalue weighted by molar-refractivity contribution is 0.0535. The van der Waals surface area contributed by atoms with Crippen LogP contribution in [-0.2, 0) is 6.42 Å². The molecule has 0 bridgehead atoms. The van der Waals surface area contributed by atoms with Gasteiger partial charge in [0.2, 0.25) is 0 Å². The van der Waals surface area contributed by atoms with Crippen LogP contribution in [-0.4, -0.2) is 59.3 Å². The van der Waals surface area contributed by atoms with E-state index in [9.17, 15) is 9.59 Å². The summed E-state index contributed by atoms with van der Waals surface area (Å²) in [5.74, 6) is -0.0151. The highest BCUT2D eigenvalue weighted by Gasteiger charge is 2.26. The Morgan fingerprint density at radius 2 is 1.83 bits per heavy atom. The fourth-order valence-corrected chi connectivity index (χ4v) is 3.96. The molecule has 0 radical (unpaired) electrons. The van der Waals surface area contributed by atoms with E-state index in [2.05, 4.69) is 4.98 Å². The van der Waals surface area contributed by atoms with E-state index in [0.717, 1.165) is 9.88 Å². The minimum absolute atomic E-state index is 0.0472. The lowest BCUT2D eigenvalue weighted by Gasteiger charge is -2.34. The van der Waals surface area contributed by atoms with Gasteiger partial charge in [-0.1, -0.05) is 6.07 Å². The number of carbonyl (C=O) groups excluding carboxylic acids is 2. The number of aromatic nitrogens is 1. The monoisotopic (exact) mass is 350 g/mol. The van der Waals surface area contributed by atoms with E-state index in [1.165, 1.54) is 22.7 Å². The molecule has 0 unspecified atom stereocenters. The van der Waals surface area contributed by atoms with Gasteiger partial charge in [0.05, 0.1) is 9.88 Å². The Morgan fingerprint density at radius 1 is 1.13 bits per heavy atom. The number of piperazine rings is 1. The van der Waals surface area contributed by atoms with Crippen LogP contribution in [0.4, 0.5) is 0 Å². The highest BCUT2D eigenvalue weighted by Crippen LogP contribution is 2.16. The quantitative estimate of drug-likeness (QED) is 0.901. The molecule has 0 saturated carbocycles. The minimum Gasteiger partial charge on any atom is -0.334 e. The Balaban J connectivity index is 1.57. The van der Waals surface area contributed by atoms with Crippen molar-refractivity contribution in [1.82, 2.24) is 14.8 Å². The molecule has 3 heterocycles. The van der Waals surface area contributed by atoms with Gasteiger partial charge in [-0.15, -0.1) is 22.7 Å². The SMILES string of the molecule is NCCc1nc(C(=O)N2CCN(C(=O)c3cccs3)CC2)cs1. The average molecular weight is 350 g/mol. The first-order valence-corrected chi connectivity index (χ1v) is 9.21. The molecule has 1 aliphatic rings. The summed E-state index contributed by atoms with van der Waals surface area (Å²) >= 11 is 2.91. The maximum absolute atomic E-state index is 12.5. The molecular weight excluding hydrogens is 332 g/mol. The Bertz CT molecular complexity index is 675. The summed E-state index contributed by atoms with van der Waals surface area (Å²) in [5.41, 5.74) is 5.99. The van der Waals surface area contributed by atoms with Crippen LogP contribution >= 0.6 is 22.7 Å². The van der Waals surface area contributed by atoms with Gasteiger partial charge < -0.3 is 15.5 Å². The molecule has 1 saturated heterocycles. The third-order valence-corrected chi connectivity index (χ3v) is 5.48. The normalized spacial score (nSPS) is 15.0. The molecule has 1 aliphatic heterocycles. The summed E-state index contributed by atoms with van der Waals surface area (Å²) in [6.07, 6.45) is 0.695. The summed E-state index contributed by atoms with van der Waals surface area (Å²) in [4.78, 5) is 33.4.